The van der Waals surface area contributed by atoms with E-state index in [1.807, 2.05) is 36.4 Å². The van der Waals surface area contributed by atoms with Gasteiger partial charge in [0.2, 0.25) is 0 Å². The Bertz CT molecular complexity index is 448. The van der Waals surface area contributed by atoms with Crippen LogP contribution in [0.3, 0.4) is 0 Å². The van der Waals surface area contributed by atoms with Crippen molar-refractivity contribution >= 4 is 4.29 Å². The summed E-state index contributed by atoms with van der Waals surface area (Å²) >= 11 is 0.945. The molecule has 1 nitrogen and oxygen atoms in total. The maximum Gasteiger partial charge on any atom is -1.00 e. The number of rotatable bonds is 1. The standard InChI is InChI=1S/C11H7FN.BrH.Zn/c12-11-8-13-7-6-10(11)9-4-2-1-3-5-9;;/h1-6,8H;1H;/q;;+1/p-1. The van der Waals surface area contributed by atoms with Crippen LogP contribution in [-0.4, -0.2) is 4.98 Å². The first-order chi connectivity index (χ1) is 6.77. The van der Waals surface area contributed by atoms with Gasteiger partial charge in [0.1, 0.15) is 0 Å². The van der Waals surface area contributed by atoms with E-state index in [1.165, 1.54) is 6.20 Å². The number of aromatic nitrogens is 1. The van der Waals surface area contributed by atoms with Crippen molar-refractivity contribution < 1.29 is 39.7 Å². The fourth-order valence-electron chi connectivity index (χ4n) is 1.32. The van der Waals surface area contributed by atoms with Gasteiger partial charge in [-0.25, -0.2) is 0 Å². The Balaban J connectivity index is 0.00000112. The third-order valence-corrected chi connectivity index (χ3v) is 2.81. The van der Waals surface area contributed by atoms with Crippen LogP contribution in [0.4, 0.5) is 4.39 Å². The van der Waals surface area contributed by atoms with Crippen molar-refractivity contribution in [2.45, 2.75) is 0 Å². The Hall–Kier alpha value is -0.597. The molecule has 0 saturated heterocycles. The maximum atomic E-state index is 13.4. The second-order valence-corrected chi connectivity index (χ2v) is 4.54. The molecule has 2 rings (SSSR count). The molecule has 1 aromatic carbocycles. The van der Waals surface area contributed by atoms with Gasteiger partial charge in [-0.1, -0.05) is 0 Å². The molecule has 0 radical (unpaired) electrons. The second kappa shape index (κ2) is 5.48. The van der Waals surface area contributed by atoms with Crippen molar-refractivity contribution in [3.05, 3.63) is 48.4 Å². The number of halogens is 2. The molecule has 1 heterocycles. The normalized spacial score (nSPS) is 9.53. The van der Waals surface area contributed by atoms with Crippen LogP contribution in [0.15, 0.2) is 42.6 Å². The number of pyridine rings is 1. The zero-order valence-electron chi connectivity index (χ0n) is 7.95. The summed E-state index contributed by atoms with van der Waals surface area (Å²) in [7, 11) is 0. The minimum Gasteiger partial charge on any atom is -1.00 e. The van der Waals surface area contributed by atoms with Crippen molar-refractivity contribution in [3.63, 3.8) is 0 Å². The molecule has 0 spiro atoms. The van der Waals surface area contributed by atoms with E-state index in [9.17, 15) is 4.39 Å². The summed E-state index contributed by atoms with van der Waals surface area (Å²) < 4.78 is 14.4. The summed E-state index contributed by atoms with van der Waals surface area (Å²) in [4.78, 5) is 3.95. The molecule has 1 aromatic heterocycles. The van der Waals surface area contributed by atoms with Crippen molar-refractivity contribution in [2.75, 3.05) is 0 Å². The predicted octanol–water partition coefficient (Wildman–Crippen LogP) is -0.936. The Kier molecular flexibility index (Phi) is 4.55. The van der Waals surface area contributed by atoms with Crippen LogP contribution in [0.1, 0.15) is 0 Å². The van der Waals surface area contributed by atoms with E-state index in [0.29, 0.717) is 5.56 Å². The van der Waals surface area contributed by atoms with E-state index in [2.05, 4.69) is 4.98 Å². The maximum absolute atomic E-state index is 13.4. The van der Waals surface area contributed by atoms with Crippen LogP contribution in [0.5, 0.6) is 0 Å². The molecule has 0 N–H and O–H groups in total. The zero-order valence-corrected chi connectivity index (χ0v) is 12.5. The molecule has 0 aliphatic carbocycles. The van der Waals surface area contributed by atoms with Crippen molar-refractivity contribution in [2.24, 2.45) is 0 Å². The summed E-state index contributed by atoms with van der Waals surface area (Å²) in [6.45, 7) is 0. The molecule has 2 aromatic rings. The predicted molar refractivity (Wildman–Crippen MR) is 49.3 cm³/mol. The second-order valence-electron chi connectivity index (χ2n) is 3.02. The van der Waals surface area contributed by atoms with E-state index in [0.717, 1.165) is 28.2 Å². The molecular weight excluding hydrogens is 310 g/mol. The Morgan fingerprint density at radius 1 is 1.13 bits per heavy atom. The quantitative estimate of drug-likeness (QED) is 0.619. The third kappa shape index (κ3) is 2.93. The molecular formula is C11H7BrFNZn. The minimum absolute atomic E-state index is 0. The van der Waals surface area contributed by atoms with Gasteiger partial charge in [0.15, 0.2) is 0 Å². The number of benzene rings is 1. The van der Waals surface area contributed by atoms with Crippen molar-refractivity contribution in [1.29, 1.82) is 0 Å². The molecule has 4 heteroatoms. The number of hydrogen-bond acceptors (Lipinski definition) is 1. The summed E-state index contributed by atoms with van der Waals surface area (Å²) in [5.41, 5.74) is 1.55. The zero-order chi connectivity index (χ0) is 9.97. The summed E-state index contributed by atoms with van der Waals surface area (Å²) in [6.07, 6.45) is 1.29. The number of hydrogen-bond donors (Lipinski definition) is 0. The molecule has 0 atom stereocenters. The molecule has 0 amide bonds. The SMILES string of the molecule is Fc1cn[c]([Zn+])cc1-c1ccccc1.[Br-]. The van der Waals surface area contributed by atoms with Gasteiger partial charge in [-0.3, -0.25) is 0 Å². The van der Waals surface area contributed by atoms with Gasteiger partial charge in [0.25, 0.3) is 0 Å². The van der Waals surface area contributed by atoms with E-state index in [4.69, 9.17) is 0 Å². The van der Waals surface area contributed by atoms with E-state index >= 15 is 0 Å². The first-order valence-corrected chi connectivity index (χ1v) is 5.78. The Labute approximate surface area is 108 Å². The monoisotopic (exact) mass is 315 g/mol. The third-order valence-electron chi connectivity index (χ3n) is 2.00. The average molecular weight is 317 g/mol. The molecule has 15 heavy (non-hydrogen) atoms. The van der Waals surface area contributed by atoms with Gasteiger partial charge in [0.05, 0.1) is 0 Å². The molecule has 0 bridgehead atoms. The average Bonchev–Trinajstić information content (AvgIpc) is 2.23. The molecule has 72 valence electrons. The van der Waals surface area contributed by atoms with Crippen LogP contribution in [-0.2, 0) is 18.3 Å². The largest absolute Gasteiger partial charge is 1.00 e. The molecule has 0 fully saturated rings. The van der Waals surface area contributed by atoms with Gasteiger partial charge in [-0.15, -0.1) is 0 Å². The Morgan fingerprint density at radius 2 is 1.80 bits per heavy atom. The number of nitrogens with zero attached hydrogens (tertiary/aromatic N) is 1. The Morgan fingerprint density at radius 3 is 2.47 bits per heavy atom. The van der Waals surface area contributed by atoms with Gasteiger partial charge in [-0.05, 0) is 0 Å². The van der Waals surface area contributed by atoms with Crippen LogP contribution in [0, 0.1) is 5.82 Å². The molecule has 0 aliphatic heterocycles. The van der Waals surface area contributed by atoms with Gasteiger partial charge in [-0.2, -0.15) is 0 Å². The fourth-order valence-corrected chi connectivity index (χ4v) is 1.94. The van der Waals surface area contributed by atoms with Gasteiger partial charge >= 0.3 is 91.5 Å². The summed E-state index contributed by atoms with van der Waals surface area (Å²) in [5.74, 6) is -0.256. The molecule has 0 saturated carbocycles. The van der Waals surface area contributed by atoms with Crippen molar-refractivity contribution in [1.82, 2.24) is 4.98 Å². The van der Waals surface area contributed by atoms with Gasteiger partial charge in [0, 0.05) is 0 Å². The van der Waals surface area contributed by atoms with E-state index in [1.54, 1.807) is 0 Å². The van der Waals surface area contributed by atoms with Gasteiger partial charge < -0.3 is 17.0 Å². The smallest absolute Gasteiger partial charge is 1.00 e. The van der Waals surface area contributed by atoms with E-state index in [-0.39, 0.29) is 22.8 Å². The van der Waals surface area contributed by atoms with Crippen molar-refractivity contribution in [3.8, 4) is 11.1 Å². The van der Waals surface area contributed by atoms with E-state index < -0.39 is 0 Å². The summed E-state index contributed by atoms with van der Waals surface area (Å²) in [6, 6.07) is 11.3. The minimum atomic E-state index is -0.256. The van der Waals surface area contributed by atoms with Crippen LogP contribution in [0.25, 0.3) is 11.1 Å². The van der Waals surface area contributed by atoms with Crippen LogP contribution >= 0.6 is 0 Å². The first-order valence-electron chi connectivity index (χ1n) is 4.30. The summed E-state index contributed by atoms with van der Waals surface area (Å²) in [5, 5.41) is 0. The topological polar surface area (TPSA) is 12.9 Å². The first kappa shape index (κ1) is 12.5. The van der Waals surface area contributed by atoms with Crippen LogP contribution in [0.2, 0.25) is 0 Å². The fraction of sp³-hybridized carbons (Fsp3) is 0. The molecule has 0 unspecified atom stereocenters. The van der Waals surface area contributed by atoms with Crippen LogP contribution < -0.4 is 21.3 Å². The molecule has 0 aliphatic rings.